The molecule has 0 bridgehead atoms. The lowest BCUT2D eigenvalue weighted by Gasteiger charge is -2.29. The summed E-state index contributed by atoms with van der Waals surface area (Å²) >= 11 is 0. The molecule has 0 aliphatic heterocycles. The maximum Gasteiger partial charge on any atom is -0.0162 e. The van der Waals surface area contributed by atoms with Crippen molar-refractivity contribution in [1.82, 2.24) is 0 Å². The molecule has 0 nitrogen and oxygen atoms in total. The van der Waals surface area contributed by atoms with Crippen molar-refractivity contribution in [3.8, 4) is 11.1 Å². The minimum absolute atomic E-state index is 0.781. The minimum Gasteiger partial charge on any atom is -0.103 e. The Kier molecular flexibility index (Phi) is 7.12. The van der Waals surface area contributed by atoms with Gasteiger partial charge in [-0.1, -0.05) is 80.8 Å². The van der Waals surface area contributed by atoms with Crippen molar-refractivity contribution in [3.05, 3.63) is 72.3 Å². The van der Waals surface area contributed by atoms with Gasteiger partial charge >= 0.3 is 0 Å². The summed E-state index contributed by atoms with van der Waals surface area (Å²) < 4.78 is 0. The van der Waals surface area contributed by atoms with Gasteiger partial charge < -0.3 is 0 Å². The summed E-state index contributed by atoms with van der Waals surface area (Å²) in [4.78, 5) is 0. The number of aryl methyl sites for hydroxylation is 1. The molecule has 0 N–H and O–H groups in total. The number of unbranched alkanes of at least 4 members (excludes halogenated alkanes) is 1. The van der Waals surface area contributed by atoms with Crippen molar-refractivity contribution in [2.75, 3.05) is 0 Å². The fourth-order valence-electron chi connectivity index (χ4n) is 4.36. The zero-order valence-electron chi connectivity index (χ0n) is 16.4. The zero-order valence-corrected chi connectivity index (χ0v) is 16.4. The van der Waals surface area contributed by atoms with Gasteiger partial charge in [0, 0.05) is 0 Å². The smallest absolute Gasteiger partial charge is 0.0162 e. The van der Waals surface area contributed by atoms with E-state index < -0.39 is 0 Å². The average Bonchev–Trinajstić information content (AvgIpc) is 2.72. The van der Waals surface area contributed by atoms with E-state index in [1.54, 1.807) is 5.56 Å². The van der Waals surface area contributed by atoms with Crippen molar-refractivity contribution < 1.29 is 0 Å². The quantitative estimate of drug-likeness (QED) is 0.426. The highest BCUT2D eigenvalue weighted by Crippen LogP contribution is 2.38. The third kappa shape index (κ3) is 5.10. The van der Waals surface area contributed by atoms with Gasteiger partial charge in [-0.2, -0.15) is 0 Å². The SMILES string of the molecule is C=CCCc1ccc(-c2ccc(C3CCC(CCCC)CC3)cc2)cc1. The molecule has 3 rings (SSSR count). The van der Waals surface area contributed by atoms with E-state index in [9.17, 15) is 0 Å². The Bertz CT molecular complexity index is 654. The monoisotopic (exact) mass is 346 g/mol. The second-order valence-corrected chi connectivity index (χ2v) is 8.01. The van der Waals surface area contributed by atoms with E-state index in [1.165, 1.54) is 61.6 Å². The fourth-order valence-corrected chi connectivity index (χ4v) is 4.36. The van der Waals surface area contributed by atoms with Gasteiger partial charge in [0.05, 0.1) is 0 Å². The Morgan fingerprint density at radius 3 is 2.08 bits per heavy atom. The number of hydrogen-bond acceptors (Lipinski definition) is 0. The summed E-state index contributed by atoms with van der Waals surface area (Å²) in [6.45, 7) is 6.11. The largest absolute Gasteiger partial charge is 0.103 e. The van der Waals surface area contributed by atoms with Crippen molar-refractivity contribution in [3.63, 3.8) is 0 Å². The second-order valence-electron chi connectivity index (χ2n) is 8.01. The predicted octanol–water partition coefficient (Wildman–Crippen LogP) is 7.94. The third-order valence-electron chi connectivity index (χ3n) is 6.12. The van der Waals surface area contributed by atoms with E-state index in [4.69, 9.17) is 0 Å². The maximum absolute atomic E-state index is 3.80. The van der Waals surface area contributed by atoms with Gasteiger partial charge in [-0.3, -0.25) is 0 Å². The van der Waals surface area contributed by atoms with Crippen LogP contribution in [0.1, 0.15) is 75.3 Å². The number of allylic oxidation sites excluding steroid dienone is 1. The van der Waals surface area contributed by atoms with Gasteiger partial charge in [0.1, 0.15) is 0 Å². The molecule has 0 radical (unpaired) electrons. The predicted molar refractivity (Wildman–Crippen MR) is 115 cm³/mol. The molecular formula is C26H34. The van der Waals surface area contributed by atoms with Gasteiger partial charge in [0.15, 0.2) is 0 Å². The summed E-state index contributed by atoms with van der Waals surface area (Å²) in [6.07, 6.45) is 14.0. The lowest BCUT2D eigenvalue weighted by molar-refractivity contribution is 0.304. The summed E-state index contributed by atoms with van der Waals surface area (Å²) in [5.74, 6) is 1.77. The molecule has 0 heteroatoms. The van der Waals surface area contributed by atoms with Crippen LogP contribution < -0.4 is 0 Å². The molecule has 1 saturated carbocycles. The van der Waals surface area contributed by atoms with Crippen LogP contribution in [0.15, 0.2) is 61.2 Å². The summed E-state index contributed by atoms with van der Waals surface area (Å²) in [5.41, 5.74) is 5.60. The first-order valence-corrected chi connectivity index (χ1v) is 10.6. The molecule has 0 unspecified atom stereocenters. The molecule has 0 heterocycles. The highest BCUT2D eigenvalue weighted by Gasteiger charge is 2.21. The van der Waals surface area contributed by atoms with E-state index in [0.717, 1.165) is 24.7 Å². The van der Waals surface area contributed by atoms with Crippen molar-refractivity contribution in [2.24, 2.45) is 5.92 Å². The van der Waals surface area contributed by atoms with E-state index in [1.807, 2.05) is 6.08 Å². The topological polar surface area (TPSA) is 0 Å². The van der Waals surface area contributed by atoms with Crippen molar-refractivity contribution >= 4 is 0 Å². The fraction of sp³-hybridized carbons (Fsp3) is 0.462. The molecular weight excluding hydrogens is 312 g/mol. The zero-order chi connectivity index (χ0) is 18.2. The van der Waals surface area contributed by atoms with Crippen LogP contribution in [0, 0.1) is 5.92 Å². The van der Waals surface area contributed by atoms with Crippen LogP contribution in [0.3, 0.4) is 0 Å². The Labute approximate surface area is 160 Å². The first-order valence-electron chi connectivity index (χ1n) is 10.6. The highest BCUT2D eigenvalue weighted by atomic mass is 14.3. The molecule has 2 aromatic carbocycles. The Morgan fingerprint density at radius 1 is 0.885 bits per heavy atom. The molecule has 26 heavy (non-hydrogen) atoms. The Hall–Kier alpha value is -1.82. The van der Waals surface area contributed by atoms with Crippen LogP contribution in [0.4, 0.5) is 0 Å². The molecule has 138 valence electrons. The molecule has 0 atom stereocenters. The Morgan fingerprint density at radius 2 is 1.50 bits per heavy atom. The van der Waals surface area contributed by atoms with E-state index in [2.05, 4.69) is 62.0 Å². The van der Waals surface area contributed by atoms with Gasteiger partial charge in [0.25, 0.3) is 0 Å². The number of benzene rings is 2. The van der Waals surface area contributed by atoms with Crippen molar-refractivity contribution in [1.29, 1.82) is 0 Å². The van der Waals surface area contributed by atoms with Crippen LogP contribution in [-0.2, 0) is 6.42 Å². The van der Waals surface area contributed by atoms with Gasteiger partial charge in [0.2, 0.25) is 0 Å². The normalized spacial score (nSPS) is 20.0. The number of rotatable bonds is 8. The maximum atomic E-state index is 3.80. The van der Waals surface area contributed by atoms with Crippen LogP contribution in [0.25, 0.3) is 11.1 Å². The number of hydrogen-bond donors (Lipinski definition) is 0. The van der Waals surface area contributed by atoms with Gasteiger partial charge in [-0.15, -0.1) is 6.58 Å². The summed E-state index contributed by atoms with van der Waals surface area (Å²) in [7, 11) is 0. The molecule has 0 aromatic heterocycles. The highest BCUT2D eigenvalue weighted by molar-refractivity contribution is 5.64. The lowest BCUT2D eigenvalue weighted by Crippen LogP contribution is -2.13. The lowest BCUT2D eigenvalue weighted by atomic mass is 9.77. The first kappa shape index (κ1) is 19.0. The summed E-state index contributed by atoms with van der Waals surface area (Å²) in [6, 6.07) is 18.4. The van der Waals surface area contributed by atoms with Crippen LogP contribution in [0.2, 0.25) is 0 Å². The van der Waals surface area contributed by atoms with Gasteiger partial charge in [-0.25, -0.2) is 0 Å². The Balaban J connectivity index is 1.57. The van der Waals surface area contributed by atoms with Crippen LogP contribution in [0.5, 0.6) is 0 Å². The third-order valence-corrected chi connectivity index (χ3v) is 6.12. The molecule has 1 fully saturated rings. The molecule has 0 amide bonds. The molecule has 1 aliphatic carbocycles. The molecule has 0 spiro atoms. The second kappa shape index (κ2) is 9.76. The van der Waals surface area contributed by atoms with Crippen LogP contribution in [-0.4, -0.2) is 0 Å². The average molecular weight is 347 g/mol. The molecule has 1 aliphatic rings. The van der Waals surface area contributed by atoms with E-state index >= 15 is 0 Å². The molecule has 0 saturated heterocycles. The van der Waals surface area contributed by atoms with Crippen LogP contribution >= 0.6 is 0 Å². The first-order chi connectivity index (χ1) is 12.8. The van der Waals surface area contributed by atoms with E-state index in [-0.39, 0.29) is 0 Å². The standard InChI is InChI=1S/C26H34/c1-3-5-7-21-9-13-23(14-10-21)25-17-19-26(20-18-25)24-15-11-22(12-16-24)8-6-4-2/h3,9-10,13-14,17-20,22,24H,1,4-8,11-12,15-16H2,2H3. The van der Waals surface area contributed by atoms with Crippen molar-refractivity contribution in [2.45, 2.75) is 70.6 Å². The van der Waals surface area contributed by atoms with E-state index in [0.29, 0.717) is 0 Å². The minimum atomic E-state index is 0.781. The van der Waals surface area contributed by atoms with Gasteiger partial charge in [-0.05, 0) is 72.6 Å². The summed E-state index contributed by atoms with van der Waals surface area (Å²) in [5, 5.41) is 0. The molecule has 2 aromatic rings.